The fourth-order valence-electron chi connectivity index (χ4n) is 3.75. The molecule has 2 heterocycles. The summed E-state index contributed by atoms with van der Waals surface area (Å²) >= 11 is 0. The second-order valence-corrected chi connectivity index (χ2v) is 7.87. The lowest BCUT2D eigenvalue weighted by Gasteiger charge is -2.05. The number of benzene rings is 4. The monoisotopic (exact) mass is 410 g/mol. The highest BCUT2D eigenvalue weighted by Crippen LogP contribution is 2.32. The van der Waals surface area contributed by atoms with Gasteiger partial charge in [0.15, 0.2) is 0 Å². The maximum absolute atomic E-state index is 12.5. The van der Waals surface area contributed by atoms with E-state index in [1.165, 1.54) is 0 Å². The summed E-state index contributed by atoms with van der Waals surface area (Å²) in [4.78, 5) is 0. The zero-order chi connectivity index (χ0) is 20.1. The number of furan rings is 2. The Kier molecular flexibility index (Phi) is 3.72. The molecule has 0 saturated heterocycles. The third-order valence-electron chi connectivity index (χ3n) is 5.10. The minimum Gasteiger partial charge on any atom is -0.459 e. The molecule has 0 fully saturated rings. The smallest absolute Gasteiger partial charge is 0.459 e. The SMILES string of the molecule is O=[Si](Oc1ccc2c(c1)oc1ccccc12)Oc1ccc2c(c1)oc1ccccc12. The van der Waals surface area contributed by atoms with Crippen molar-refractivity contribution in [2.45, 2.75) is 0 Å². The lowest BCUT2D eigenvalue weighted by Crippen LogP contribution is -2.19. The Balaban J connectivity index is 1.26. The van der Waals surface area contributed by atoms with Crippen molar-refractivity contribution in [3.05, 3.63) is 84.9 Å². The number of hydrogen-bond donors (Lipinski definition) is 0. The Morgan fingerprint density at radius 1 is 0.533 bits per heavy atom. The van der Waals surface area contributed by atoms with E-state index in [9.17, 15) is 4.46 Å². The fraction of sp³-hybridized carbons (Fsp3) is 0. The van der Waals surface area contributed by atoms with Gasteiger partial charge in [0.2, 0.25) is 0 Å². The largest absolute Gasteiger partial charge is 0.778 e. The lowest BCUT2D eigenvalue weighted by atomic mass is 10.1. The van der Waals surface area contributed by atoms with E-state index in [4.69, 9.17) is 17.7 Å². The average Bonchev–Trinajstić information content (AvgIpc) is 3.30. The van der Waals surface area contributed by atoms with E-state index >= 15 is 0 Å². The number of rotatable bonds is 4. The predicted molar refractivity (Wildman–Crippen MR) is 115 cm³/mol. The number of para-hydroxylation sites is 2. The van der Waals surface area contributed by atoms with Gasteiger partial charge in [0.1, 0.15) is 33.8 Å². The summed E-state index contributed by atoms with van der Waals surface area (Å²) in [6.45, 7) is 0. The Hall–Kier alpha value is -3.90. The van der Waals surface area contributed by atoms with E-state index in [1.807, 2.05) is 60.7 Å². The molecule has 0 radical (unpaired) electrons. The van der Waals surface area contributed by atoms with Crippen molar-refractivity contribution >= 4 is 53.0 Å². The summed E-state index contributed by atoms with van der Waals surface area (Å²) in [6.07, 6.45) is 0. The van der Waals surface area contributed by atoms with Crippen LogP contribution in [0.2, 0.25) is 0 Å². The zero-order valence-electron chi connectivity index (χ0n) is 15.6. The van der Waals surface area contributed by atoms with Crippen LogP contribution in [-0.4, -0.2) is 9.17 Å². The van der Waals surface area contributed by atoms with E-state index < -0.39 is 9.17 Å². The van der Waals surface area contributed by atoms with E-state index in [1.54, 1.807) is 24.3 Å². The highest BCUT2D eigenvalue weighted by molar-refractivity contribution is 6.28. The molecule has 0 aliphatic carbocycles. The summed E-state index contributed by atoms with van der Waals surface area (Å²) in [5.41, 5.74) is 2.94. The molecule has 0 bridgehead atoms. The van der Waals surface area contributed by atoms with Gasteiger partial charge in [-0.05, 0) is 36.4 Å². The zero-order valence-corrected chi connectivity index (χ0v) is 16.6. The molecule has 6 aromatic rings. The van der Waals surface area contributed by atoms with Gasteiger partial charge in [0, 0.05) is 33.7 Å². The number of hydrogen-bond acceptors (Lipinski definition) is 5. The van der Waals surface area contributed by atoms with Gasteiger partial charge in [0.25, 0.3) is 0 Å². The van der Waals surface area contributed by atoms with Crippen molar-refractivity contribution in [2.24, 2.45) is 0 Å². The summed E-state index contributed by atoms with van der Waals surface area (Å²) in [5, 5.41) is 4.02. The summed E-state index contributed by atoms with van der Waals surface area (Å²) in [5.74, 6) is 0.852. The number of fused-ring (bicyclic) bond motifs is 6. The third-order valence-corrected chi connectivity index (χ3v) is 5.91. The second-order valence-electron chi connectivity index (χ2n) is 6.97. The van der Waals surface area contributed by atoms with E-state index in [2.05, 4.69) is 0 Å². The normalized spacial score (nSPS) is 11.5. The summed E-state index contributed by atoms with van der Waals surface area (Å²) < 4.78 is 35.2. The van der Waals surface area contributed by atoms with Crippen molar-refractivity contribution in [3.8, 4) is 11.5 Å². The Labute approximate surface area is 171 Å². The van der Waals surface area contributed by atoms with Crippen LogP contribution >= 0.6 is 0 Å². The predicted octanol–water partition coefficient (Wildman–Crippen LogP) is 6.36. The molecular weight excluding hydrogens is 396 g/mol. The lowest BCUT2D eigenvalue weighted by molar-refractivity contribution is 0.346. The Morgan fingerprint density at radius 3 is 1.47 bits per heavy atom. The minimum absolute atomic E-state index is 0.426. The summed E-state index contributed by atoms with van der Waals surface area (Å²) in [7, 11) is -2.82. The molecule has 144 valence electrons. The Bertz CT molecular complexity index is 1460. The summed E-state index contributed by atoms with van der Waals surface area (Å²) in [6, 6.07) is 26.4. The van der Waals surface area contributed by atoms with Gasteiger partial charge in [-0.2, -0.15) is 0 Å². The van der Waals surface area contributed by atoms with Gasteiger partial charge in [0.05, 0.1) is 0 Å². The highest BCUT2D eigenvalue weighted by atomic mass is 28.3. The van der Waals surface area contributed by atoms with Crippen LogP contribution in [0.1, 0.15) is 0 Å². The van der Waals surface area contributed by atoms with Crippen LogP contribution < -0.4 is 8.85 Å². The van der Waals surface area contributed by atoms with Crippen molar-refractivity contribution < 1.29 is 22.1 Å². The topological polar surface area (TPSA) is 61.8 Å². The molecule has 0 spiro atoms. The molecule has 0 saturated carbocycles. The first kappa shape index (κ1) is 17.0. The average molecular weight is 410 g/mol. The van der Waals surface area contributed by atoms with Crippen LogP contribution in [0.5, 0.6) is 11.5 Å². The van der Waals surface area contributed by atoms with E-state index in [0.717, 1.165) is 32.7 Å². The van der Waals surface area contributed by atoms with Crippen LogP contribution in [-0.2, 0) is 4.46 Å². The van der Waals surface area contributed by atoms with Gasteiger partial charge < -0.3 is 17.7 Å². The van der Waals surface area contributed by atoms with Crippen molar-refractivity contribution in [3.63, 3.8) is 0 Å². The first-order chi connectivity index (χ1) is 14.7. The van der Waals surface area contributed by atoms with Crippen LogP contribution in [0.3, 0.4) is 0 Å². The molecule has 6 rings (SSSR count). The van der Waals surface area contributed by atoms with Gasteiger partial charge in [-0.3, -0.25) is 4.46 Å². The van der Waals surface area contributed by atoms with E-state index in [-0.39, 0.29) is 0 Å². The molecular formula is C24H14O5Si. The van der Waals surface area contributed by atoms with Gasteiger partial charge in [-0.1, -0.05) is 36.4 Å². The van der Waals surface area contributed by atoms with Crippen LogP contribution in [0.15, 0.2) is 93.8 Å². The van der Waals surface area contributed by atoms with Gasteiger partial charge >= 0.3 is 9.17 Å². The standard InChI is InChI=1S/C24H14O5Si/c25-30(28-15-9-11-19-17-5-1-3-7-21(17)26-23(19)13-15)29-16-10-12-20-18-6-2-4-8-22(18)27-24(20)14-16/h1-14H. The maximum atomic E-state index is 12.5. The minimum atomic E-state index is -2.82. The molecule has 5 nitrogen and oxygen atoms in total. The highest BCUT2D eigenvalue weighted by Gasteiger charge is 2.17. The van der Waals surface area contributed by atoms with Crippen LogP contribution in [0.4, 0.5) is 0 Å². The van der Waals surface area contributed by atoms with Crippen molar-refractivity contribution in [1.29, 1.82) is 0 Å². The van der Waals surface area contributed by atoms with Gasteiger partial charge in [-0.25, -0.2) is 0 Å². The maximum Gasteiger partial charge on any atom is 0.778 e. The van der Waals surface area contributed by atoms with E-state index in [0.29, 0.717) is 22.7 Å². The molecule has 0 aliphatic heterocycles. The van der Waals surface area contributed by atoms with Crippen LogP contribution in [0, 0.1) is 0 Å². The van der Waals surface area contributed by atoms with Crippen molar-refractivity contribution in [1.82, 2.24) is 0 Å². The van der Waals surface area contributed by atoms with Crippen LogP contribution in [0.25, 0.3) is 43.9 Å². The Morgan fingerprint density at radius 2 is 0.967 bits per heavy atom. The first-order valence-corrected chi connectivity index (χ1v) is 10.7. The quantitative estimate of drug-likeness (QED) is 0.317. The third kappa shape index (κ3) is 2.77. The van der Waals surface area contributed by atoms with Gasteiger partial charge in [-0.15, -0.1) is 0 Å². The molecule has 0 unspecified atom stereocenters. The molecule has 0 N–H and O–H groups in total. The molecule has 0 atom stereocenters. The second kappa shape index (κ2) is 6.57. The van der Waals surface area contributed by atoms with Crippen molar-refractivity contribution in [2.75, 3.05) is 0 Å². The molecule has 30 heavy (non-hydrogen) atoms. The molecule has 2 aromatic heterocycles. The molecule has 0 aliphatic rings. The molecule has 0 amide bonds. The fourth-order valence-corrected chi connectivity index (χ4v) is 4.43. The molecule has 6 heteroatoms. The first-order valence-electron chi connectivity index (χ1n) is 9.47. The molecule has 4 aromatic carbocycles.